The second kappa shape index (κ2) is 5.46. The summed E-state index contributed by atoms with van der Waals surface area (Å²) in [7, 11) is 1.33. The van der Waals surface area contributed by atoms with Crippen molar-refractivity contribution < 1.29 is 14.3 Å². The molecule has 0 unspecified atom stereocenters. The van der Waals surface area contributed by atoms with Crippen LogP contribution in [0.3, 0.4) is 0 Å². The summed E-state index contributed by atoms with van der Waals surface area (Å²) < 4.78 is 10.0. The van der Waals surface area contributed by atoms with Crippen molar-refractivity contribution in [3.8, 4) is 11.6 Å². The molecular weight excluding hydrogens is 256 g/mol. The molecule has 18 heavy (non-hydrogen) atoms. The van der Waals surface area contributed by atoms with Crippen molar-refractivity contribution in [2.75, 3.05) is 7.11 Å². The van der Waals surface area contributed by atoms with Crippen LogP contribution in [0.1, 0.15) is 10.4 Å². The number of nitrogens with zero attached hydrogens (tertiary/aromatic N) is 2. The van der Waals surface area contributed by atoms with Crippen LogP contribution in [0.4, 0.5) is 0 Å². The predicted molar refractivity (Wildman–Crippen MR) is 64.9 cm³/mol. The molecule has 0 bridgehead atoms. The standard InChI is InChI=1S/C12H9ClN2O3/c1-17-12(16)8-2-4-9(5-3-8)18-11-10(13)14-6-7-15-11/h2-7H,1H3. The normalized spacial score (nSPS) is 9.89. The first-order chi connectivity index (χ1) is 8.70. The van der Waals surface area contributed by atoms with Crippen LogP contribution in [0, 0.1) is 0 Å². The maximum Gasteiger partial charge on any atom is 0.337 e. The van der Waals surface area contributed by atoms with Gasteiger partial charge in [0.1, 0.15) is 5.75 Å². The molecule has 0 aliphatic carbocycles. The van der Waals surface area contributed by atoms with Crippen molar-refractivity contribution in [2.45, 2.75) is 0 Å². The number of rotatable bonds is 3. The van der Waals surface area contributed by atoms with Gasteiger partial charge in [-0.05, 0) is 24.3 Å². The summed E-state index contributed by atoms with van der Waals surface area (Å²) in [5.41, 5.74) is 0.440. The molecule has 0 amide bonds. The smallest absolute Gasteiger partial charge is 0.337 e. The third-order valence-electron chi connectivity index (χ3n) is 2.11. The predicted octanol–water partition coefficient (Wildman–Crippen LogP) is 2.71. The molecule has 0 atom stereocenters. The first-order valence-electron chi connectivity index (χ1n) is 5.03. The number of ether oxygens (including phenoxy) is 2. The van der Waals surface area contributed by atoms with Crippen LogP contribution in [0.5, 0.6) is 11.6 Å². The number of hydrogen-bond acceptors (Lipinski definition) is 5. The van der Waals surface area contributed by atoms with Crippen LogP contribution in [-0.4, -0.2) is 23.0 Å². The molecule has 1 aromatic carbocycles. The van der Waals surface area contributed by atoms with Gasteiger partial charge in [0.15, 0.2) is 5.15 Å². The molecule has 1 aromatic heterocycles. The Bertz CT molecular complexity index is 558. The van der Waals surface area contributed by atoms with Gasteiger partial charge < -0.3 is 9.47 Å². The molecule has 92 valence electrons. The Morgan fingerprint density at radius 3 is 2.44 bits per heavy atom. The number of esters is 1. The molecule has 0 saturated heterocycles. The maximum atomic E-state index is 11.2. The molecule has 0 aliphatic heterocycles. The molecule has 0 radical (unpaired) electrons. The Hall–Kier alpha value is -2.14. The second-order valence-electron chi connectivity index (χ2n) is 3.27. The fourth-order valence-corrected chi connectivity index (χ4v) is 1.41. The number of benzene rings is 1. The van der Waals surface area contributed by atoms with E-state index in [-0.39, 0.29) is 11.0 Å². The van der Waals surface area contributed by atoms with E-state index < -0.39 is 5.97 Å². The number of methoxy groups -OCH3 is 1. The molecule has 0 saturated carbocycles. The largest absolute Gasteiger partial charge is 0.465 e. The molecule has 6 heteroatoms. The van der Waals surface area contributed by atoms with E-state index in [4.69, 9.17) is 16.3 Å². The highest BCUT2D eigenvalue weighted by atomic mass is 35.5. The van der Waals surface area contributed by atoms with Gasteiger partial charge in [0.2, 0.25) is 0 Å². The topological polar surface area (TPSA) is 61.3 Å². The van der Waals surface area contributed by atoms with E-state index in [0.29, 0.717) is 11.3 Å². The van der Waals surface area contributed by atoms with Crippen molar-refractivity contribution in [3.63, 3.8) is 0 Å². The Morgan fingerprint density at radius 1 is 1.17 bits per heavy atom. The molecule has 0 spiro atoms. The third-order valence-corrected chi connectivity index (χ3v) is 2.37. The zero-order valence-electron chi connectivity index (χ0n) is 9.46. The molecule has 5 nitrogen and oxygen atoms in total. The lowest BCUT2D eigenvalue weighted by molar-refractivity contribution is 0.0600. The molecule has 0 N–H and O–H groups in total. The molecule has 2 rings (SSSR count). The van der Waals surface area contributed by atoms with Gasteiger partial charge in [0.05, 0.1) is 12.7 Å². The summed E-state index contributed by atoms with van der Waals surface area (Å²) in [4.78, 5) is 19.0. The van der Waals surface area contributed by atoms with Crippen molar-refractivity contribution in [1.29, 1.82) is 0 Å². The number of halogens is 1. The number of aromatic nitrogens is 2. The summed E-state index contributed by atoms with van der Waals surface area (Å²) in [6.07, 6.45) is 2.94. The lowest BCUT2D eigenvalue weighted by atomic mass is 10.2. The van der Waals surface area contributed by atoms with Crippen LogP contribution in [0.2, 0.25) is 5.15 Å². The van der Waals surface area contributed by atoms with Gasteiger partial charge in [-0.3, -0.25) is 0 Å². The van der Waals surface area contributed by atoms with Crippen molar-refractivity contribution in [1.82, 2.24) is 9.97 Å². The maximum absolute atomic E-state index is 11.2. The van der Waals surface area contributed by atoms with Crippen molar-refractivity contribution in [2.24, 2.45) is 0 Å². The van der Waals surface area contributed by atoms with E-state index in [0.717, 1.165) is 0 Å². The van der Waals surface area contributed by atoms with Crippen LogP contribution in [0.25, 0.3) is 0 Å². The minimum atomic E-state index is -0.404. The lowest BCUT2D eigenvalue weighted by Gasteiger charge is -2.05. The highest BCUT2D eigenvalue weighted by Crippen LogP contribution is 2.24. The Kier molecular flexibility index (Phi) is 3.74. The third kappa shape index (κ3) is 2.75. The monoisotopic (exact) mass is 264 g/mol. The van der Waals surface area contributed by atoms with E-state index in [1.54, 1.807) is 24.3 Å². The number of hydrogen-bond donors (Lipinski definition) is 0. The van der Waals surface area contributed by atoms with Gasteiger partial charge in [-0.25, -0.2) is 14.8 Å². The summed E-state index contributed by atoms with van der Waals surface area (Å²) in [5, 5.41) is 0.176. The van der Waals surface area contributed by atoms with Gasteiger partial charge >= 0.3 is 5.97 Å². The van der Waals surface area contributed by atoms with Crippen LogP contribution >= 0.6 is 11.6 Å². The molecule has 0 fully saturated rings. The van der Waals surface area contributed by atoms with Crippen molar-refractivity contribution >= 4 is 17.6 Å². The van der Waals surface area contributed by atoms with E-state index in [1.165, 1.54) is 19.5 Å². The Labute approximate surface area is 108 Å². The Balaban J connectivity index is 2.16. The molecule has 1 heterocycles. The number of carbonyl (C=O) groups is 1. The molecule has 2 aromatic rings. The first-order valence-corrected chi connectivity index (χ1v) is 5.41. The zero-order valence-corrected chi connectivity index (χ0v) is 10.2. The van der Waals surface area contributed by atoms with E-state index in [2.05, 4.69) is 14.7 Å². The number of carbonyl (C=O) groups excluding carboxylic acids is 1. The van der Waals surface area contributed by atoms with Gasteiger partial charge in [-0.2, -0.15) is 0 Å². The minimum Gasteiger partial charge on any atom is -0.465 e. The Morgan fingerprint density at radius 2 is 1.83 bits per heavy atom. The fourth-order valence-electron chi connectivity index (χ4n) is 1.27. The summed E-state index contributed by atoms with van der Waals surface area (Å²) >= 11 is 5.81. The van der Waals surface area contributed by atoms with Crippen LogP contribution in [0.15, 0.2) is 36.7 Å². The van der Waals surface area contributed by atoms with Crippen LogP contribution in [-0.2, 0) is 4.74 Å². The SMILES string of the molecule is COC(=O)c1ccc(Oc2nccnc2Cl)cc1. The molecule has 0 aliphatic rings. The van der Waals surface area contributed by atoms with Gasteiger partial charge in [-0.15, -0.1) is 0 Å². The van der Waals surface area contributed by atoms with Gasteiger partial charge in [-0.1, -0.05) is 11.6 Å². The summed E-state index contributed by atoms with van der Waals surface area (Å²) in [6.45, 7) is 0. The lowest BCUT2D eigenvalue weighted by Crippen LogP contribution is -2.00. The summed E-state index contributed by atoms with van der Waals surface area (Å²) in [5.74, 6) is 0.314. The highest BCUT2D eigenvalue weighted by Gasteiger charge is 2.07. The minimum absolute atomic E-state index is 0.176. The van der Waals surface area contributed by atoms with E-state index >= 15 is 0 Å². The fraction of sp³-hybridized carbons (Fsp3) is 0.0833. The second-order valence-corrected chi connectivity index (χ2v) is 3.63. The zero-order chi connectivity index (χ0) is 13.0. The first kappa shape index (κ1) is 12.3. The molecular formula is C12H9ClN2O3. The van der Waals surface area contributed by atoms with Gasteiger partial charge in [0, 0.05) is 12.4 Å². The summed E-state index contributed by atoms with van der Waals surface area (Å²) in [6, 6.07) is 6.42. The van der Waals surface area contributed by atoms with E-state index in [9.17, 15) is 4.79 Å². The highest BCUT2D eigenvalue weighted by molar-refractivity contribution is 6.30. The average Bonchev–Trinajstić information content (AvgIpc) is 2.41. The van der Waals surface area contributed by atoms with Crippen molar-refractivity contribution in [3.05, 3.63) is 47.4 Å². The van der Waals surface area contributed by atoms with Gasteiger partial charge in [0.25, 0.3) is 5.88 Å². The quantitative estimate of drug-likeness (QED) is 0.798. The van der Waals surface area contributed by atoms with E-state index in [1.807, 2.05) is 0 Å². The van der Waals surface area contributed by atoms with Crippen LogP contribution < -0.4 is 4.74 Å². The average molecular weight is 265 g/mol.